The van der Waals surface area contributed by atoms with Gasteiger partial charge in [-0.15, -0.1) is 11.3 Å². The standard InChI is InChI=1S/C18H13BrN2O2S/c19-11-5-6-15-12(9-11)14-10-13(16-3-1-7-22-16)20-21(14)18(23-15)17-4-2-8-24-17/h1-9,14,18H,10H2/t14-,18+/m1/s1. The fourth-order valence-corrected chi connectivity index (χ4v) is 4.39. The quantitative estimate of drug-likeness (QED) is 0.581. The maximum absolute atomic E-state index is 6.29. The van der Waals surface area contributed by atoms with Gasteiger partial charge in [-0.25, -0.2) is 5.01 Å². The van der Waals surface area contributed by atoms with Crippen molar-refractivity contribution in [1.29, 1.82) is 0 Å². The van der Waals surface area contributed by atoms with Crippen molar-refractivity contribution < 1.29 is 9.15 Å². The molecule has 24 heavy (non-hydrogen) atoms. The molecular weight excluding hydrogens is 388 g/mol. The molecule has 0 aliphatic carbocycles. The van der Waals surface area contributed by atoms with E-state index in [-0.39, 0.29) is 12.3 Å². The van der Waals surface area contributed by atoms with Crippen molar-refractivity contribution in [3.05, 3.63) is 74.8 Å². The number of rotatable bonds is 2. The van der Waals surface area contributed by atoms with Crippen molar-refractivity contribution in [1.82, 2.24) is 5.01 Å². The number of benzene rings is 1. The lowest BCUT2D eigenvalue weighted by Gasteiger charge is -2.37. The van der Waals surface area contributed by atoms with E-state index in [0.29, 0.717) is 0 Å². The topological polar surface area (TPSA) is 38.0 Å². The van der Waals surface area contributed by atoms with Gasteiger partial charge in [0.2, 0.25) is 6.23 Å². The SMILES string of the molecule is Brc1ccc2c(c1)[C@H]1CC(c3ccco3)=NN1[C@H](c1cccs1)O2. The number of hydrazone groups is 1. The van der Waals surface area contributed by atoms with Crippen molar-refractivity contribution in [2.45, 2.75) is 18.7 Å². The van der Waals surface area contributed by atoms with Crippen LogP contribution >= 0.6 is 27.3 Å². The molecule has 0 radical (unpaired) electrons. The molecule has 6 heteroatoms. The lowest BCUT2D eigenvalue weighted by molar-refractivity contribution is -0.0166. The number of hydrogen-bond donors (Lipinski definition) is 0. The summed E-state index contributed by atoms with van der Waals surface area (Å²) in [5.41, 5.74) is 2.12. The Morgan fingerprint density at radius 2 is 2.17 bits per heavy atom. The molecule has 4 heterocycles. The smallest absolute Gasteiger partial charge is 0.222 e. The Morgan fingerprint density at radius 1 is 1.21 bits per heavy atom. The molecule has 2 atom stereocenters. The van der Waals surface area contributed by atoms with Crippen LogP contribution in [0.5, 0.6) is 5.75 Å². The molecule has 0 saturated carbocycles. The van der Waals surface area contributed by atoms with E-state index in [4.69, 9.17) is 14.3 Å². The molecule has 0 fully saturated rings. The molecule has 5 rings (SSSR count). The van der Waals surface area contributed by atoms with Gasteiger partial charge in [-0.2, -0.15) is 5.10 Å². The number of thiophene rings is 1. The molecule has 0 saturated heterocycles. The fourth-order valence-electron chi connectivity index (χ4n) is 3.27. The van der Waals surface area contributed by atoms with Gasteiger partial charge in [0.1, 0.15) is 17.2 Å². The van der Waals surface area contributed by atoms with Crippen LogP contribution in [0.2, 0.25) is 0 Å². The molecule has 0 bridgehead atoms. The molecule has 2 aliphatic rings. The molecule has 2 aromatic heterocycles. The summed E-state index contributed by atoms with van der Waals surface area (Å²) >= 11 is 5.25. The second-order valence-electron chi connectivity index (χ2n) is 5.79. The van der Waals surface area contributed by atoms with Gasteiger partial charge in [0.25, 0.3) is 0 Å². The molecule has 0 amide bonds. The molecule has 0 unspecified atom stereocenters. The zero-order valence-electron chi connectivity index (χ0n) is 12.6. The van der Waals surface area contributed by atoms with E-state index in [9.17, 15) is 0 Å². The van der Waals surface area contributed by atoms with E-state index in [0.717, 1.165) is 38.6 Å². The molecule has 1 aromatic carbocycles. The van der Waals surface area contributed by atoms with Gasteiger partial charge in [0.15, 0.2) is 0 Å². The molecule has 120 valence electrons. The van der Waals surface area contributed by atoms with Crippen molar-refractivity contribution in [3.63, 3.8) is 0 Å². The second-order valence-corrected chi connectivity index (χ2v) is 7.69. The van der Waals surface area contributed by atoms with E-state index in [2.05, 4.69) is 38.5 Å². The van der Waals surface area contributed by atoms with Crippen LogP contribution in [0.1, 0.15) is 34.9 Å². The predicted octanol–water partition coefficient (Wildman–Crippen LogP) is 5.35. The van der Waals surface area contributed by atoms with Crippen molar-refractivity contribution >= 4 is 33.0 Å². The normalized spacial score (nSPS) is 21.9. The van der Waals surface area contributed by atoms with Gasteiger partial charge < -0.3 is 9.15 Å². The zero-order valence-corrected chi connectivity index (χ0v) is 15.0. The Hall–Kier alpha value is -2.05. The first-order valence-corrected chi connectivity index (χ1v) is 9.36. The highest BCUT2D eigenvalue weighted by Gasteiger charge is 2.41. The van der Waals surface area contributed by atoms with Crippen LogP contribution in [-0.4, -0.2) is 10.7 Å². The average Bonchev–Trinajstić information content (AvgIpc) is 3.33. The number of halogens is 1. The first-order chi connectivity index (χ1) is 11.8. The summed E-state index contributed by atoms with van der Waals surface area (Å²) in [6.07, 6.45) is 2.30. The van der Waals surface area contributed by atoms with Crippen LogP contribution in [0.25, 0.3) is 0 Å². The number of fused-ring (bicyclic) bond motifs is 3. The van der Waals surface area contributed by atoms with Crippen molar-refractivity contribution in [2.75, 3.05) is 0 Å². The molecule has 0 N–H and O–H groups in total. The highest BCUT2D eigenvalue weighted by Crippen LogP contribution is 2.48. The summed E-state index contributed by atoms with van der Waals surface area (Å²) in [5, 5.41) is 8.98. The summed E-state index contributed by atoms with van der Waals surface area (Å²) < 4.78 is 12.9. The average molecular weight is 401 g/mol. The Morgan fingerprint density at radius 3 is 2.96 bits per heavy atom. The maximum Gasteiger partial charge on any atom is 0.222 e. The van der Waals surface area contributed by atoms with Crippen LogP contribution in [0, 0.1) is 0 Å². The van der Waals surface area contributed by atoms with Gasteiger partial charge in [0.05, 0.1) is 17.2 Å². The highest BCUT2D eigenvalue weighted by molar-refractivity contribution is 9.10. The van der Waals surface area contributed by atoms with E-state index >= 15 is 0 Å². The summed E-state index contributed by atoms with van der Waals surface area (Å²) in [6.45, 7) is 0. The van der Waals surface area contributed by atoms with E-state index in [1.807, 2.05) is 30.3 Å². The maximum atomic E-state index is 6.29. The van der Waals surface area contributed by atoms with Gasteiger partial charge >= 0.3 is 0 Å². The van der Waals surface area contributed by atoms with Crippen LogP contribution < -0.4 is 4.74 Å². The summed E-state index contributed by atoms with van der Waals surface area (Å²) in [5.74, 6) is 1.75. The van der Waals surface area contributed by atoms with Crippen LogP contribution in [0.4, 0.5) is 0 Å². The Labute approximate surface area is 151 Å². The minimum atomic E-state index is -0.198. The molecule has 4 nitrogen and oxygen atoms in total. The molecule has 3 aromatic rings. The highest BCUT2D eigenvalue weighted by atomic mass is 79.9. The summed E-state index contributed by atoms with van der Waals surface area (Å²) in [4.78, 5) is 1.15. The van der Waals surface area contributed by atoms with Crippen molar-refractivity contribution in [3.8, 4) is 5.75 Å². The molecule has 2 aliphatic heterocycles. The van der Waals surface area contributed by atoms with E-state index in [1.165, 1.54) is 0 Å². The minimum Gasteiger partial charge on any atom is -0.464 e. The van der Waals surface area contributed by atoms with Crippen LogP contribution in [-0.2, 0) is 0 Å². The van der Waals surface area contributed by atoms with E-state index < -0.39 is 0 Å². The lowest BCUT2D eigenvalue weighted by Crippen LogP contribution is -2.33. The third-order valence-electron chi connectivity index (χ3n) is 4.34. The predicted molar refractivity (Wildman–Crippen MR) is 96.3 cm³/mol. The number of hydrogen-bond acceptors (Lipinski definition) is 5. The monoisotopic (exact) mass is 400 g/mol. The van der Waals surface area contributed by atoms with E-state index in [1.54, 1.807) is 17.6 Å². The third-order valence-corrected chi connectivity index (χ3v) is 5.74. The molecular formula is C18H13BrN2O2S. The van der Waals surface area contributed by atoms with Crippen LogP contribution in [0.15, 0.2) is 68.1 Å². The molecule has 0 spiro atoms. The van der Waals surface area contributed by atoms with Crippen molar-refractivity contribution in [2.24, 2.45) is 5.10 Å². The first kappa shape index (κ1) is 14.3. The van der Waals surface area contributed by atoms with Gasteiger partial charge in [-0.1, -0.05) is 22.0 Å². The third kappa shape index (κ3) is 2.21. The number of ether oxygens (including phenoxy) is 1. The Kier molecular flexibility index (Phi) is 3.28. The summed E-state index contributed by atoms with van der Waals surface area (Å²) in [6, 6.07) is 14.3. The van der Waals surface area contributed by atoms with Gasteiger partial charge in [-0.3, -0.25) is 0 Å². The first-order valence-electron chi connectivity index (χ1n) is 7.69. The fraction of sp³-hybridized carbons (Fsp3) is 0.167. The van der Waals surface area contributed by atoms with Crippen LogP contribution in [0.3, 0.4) is 0 Å². The Bertz CT molecular complexity index is 905. The van der Waals surface area contributed by atoms with Gasteiger partial charge in [0, 0.05) is 16.5 Å². The summed E-state index contributed by atoms with van der Waals surface area (Å²) in [7, 11) is 0. The number of furan rings is 1. The Balaban J connectivity index is 1.62. The zero-order chi connectivity index (χ0) is 16.1. The number of nitrogens with zero attached hydrogens (tertiary/aromatic N) is 2. The van der Waals surface area contributed by atoms with Gasteiger partial charge in [-0.05, 0) is 41.8 Å². The minimum absolute atomic E-state index is 0.151. The second kappa shape index (κ2) is 5.50. The lowest BCUT2D eigenvalue weighted by atomic mass is 9.98. The largest absolute Gasteiger partial charge is 0.464 e.